The Labute approximate surface area is 69.5 Å². The van der Waals surface area contributed by atoms with Crippen LogP contribution in [0.2, 0.25) is 0 Å². The van der Waals surface area contributed by atoms with Gasteiger partial charge >= 0.3 is 0 Å². The summed E-state index contributed by atoms with van der Waals surface area (Å²) in [7, 11) is 0. The van der Waals surface area contributed by atoms with Crippen LogP contribution < -0.4 is 0 Å². The predicted octanol–water partition coefficient (Wildman–Crippen LogP) is 3.19. The van der Waals surface area contributed by atoms with E-state index in [0.717, 1.165) is 12.1 Å². The summed E-state index contributed by atoms with van der Waals surface area (Å²) in [5.74, 6) is 0. The van der Waals surface area contributed by atoms with Crippen molar-refractivity contribution in [1.29, 1.82) is 0 Å². The van der Waals surface area contributed by atoms with Gasteiger partial charge in [-0.05, 0) is 19.2 Å². The molecule has 0 aromatic heterocycles. The van der Waals surface area contributed by atoms with E-state index in [-0.39, 0.29) is 5.41 Å². The summed E-state index contributed by atoms with van der Waals surface area (Å²) in [4.78, 5) is 3.96. The third-order valence-corrected chi connectivity index (χ3v) is 2.02. The molecule has 0 radical (unpaired) electrons. The lowest BCUT2D eigenvalue weighted by Gasteiger charge is -2.22. The van der Waals surface area contributed by atoms with E-state index in [2.05, 4.69) is 39.1 Å². The number of aliphatic imine (C=N–C) groups is 1. The van der Waals surface area contributed by atoms with Crippen LogP contribution in [0.5, 0.6) is 0 Å². The molecule has 1 heteroatoms. The Balaban J connectivity index is 4.62. The van der Waals surface area contributed by atoms with Gasteiger partial charge in [-0.15, -0.1) is 0 Å². The van der Waals surface area contributed by atoms with E-state index in [1.165, 1.54) is 0 Å². The Morgan fingerprint density at radius 2 is 2.09 bits per heavy atom. The van der Waals surface area contributed by atoms with E-state index in [1.807, 2.05) is 6.08 Å². The summed E-state index contributed by atoms with van der Waals surface area (Å²) >= 11 is 0. The van der Waals surface area contributed by atoms with Crippen molar-refractivity contribution in [2.24, 2.45) is 10.4 Å². The van der Waals surface area contributed by atoms with Crippen LogP contribution >= 0.6 is 0 Å². The van der Waals surface area contributed by atoms with E-state index in [0.29, 0.717) is 0 Å². The van der Waals surface area contributed by atoms with Crippen molar-refractivity contribution in [2.45, 2.75) is 27.2 Å². The van der Waals surface area contributed by atoms with Gasteiger partial charge in [0.1, 0.15) is 0 Å². The molecule has 0 atom stereocenters. The normalized spacial score (nSPS) is 12.8. The molecule has 0 aromatic rings. The second kappa shape index (κ2) is 4.12. The Morgan fingerprint density at radius 3 is 2.36 bits per heavy atom. The van der Waals surface area contributed by atoms with Gasteiger partial charge in [0.05, 0.1) is 0 Å². The first-order chi connectivity index (χ1) is 5.08. The van der Waals surface area contributed by atoms with E-state index in [1.54, 1.807) is 6.08 Å². The van der Waals surface area contributed by atoms with E-state index >= 15 is 0 Å². The molecule has 0 aliphatic heterocycles. The summed E-state index contributed by atoms with van der Waals surface area (Å²) in [6.45, 7) is 13.6. The molecule has 0 bridgehead atoms. The van der Waals surface area contributed by atoms with Crippen molar-refractivity contribution in [3.05, 3.63) is 24.4 Å². The van der Waals surface area contributed by atoms with Crippen molar-refractivity contribution >= 4 is 6.72 Å². The standard InChI is InChI=1S/C10H17N/c1-6-8-9(11-5)10(3,4)7-2/h6,8H,1,5,7H2,2-4H3/b9-8-. The molecule has 0 spiro atoms. The maximum atomic E-state index is 3.96. The maximum Gasteiger partial charge on any atom is 0.0452 e. The van der Waals surface area contributed by atoms with E-state index < -0.39 is 0 Å². The quantitative estimate of drug-likeness (QED) is 0.432. The first-order valence-corrected chi connectivity index (χ1v) is 3.88. The average molecular weight is 151 g/mol. The molecule has 0 aliphatic rings. The summed E-state index contributed by atoms with van der Waals surface area (Å²) in [5.41, 5.74) is 1.13. The largest absolute Gasteiger partial charge is 0.269 e. The Hall–Kier alpha value is -0.850. The zero-order valence-corrected chi connectivity index (χ0v) is 7.72. The molecule has 0 N–H and O–H groups in total. The SMILES string of the molecule is C=C/C=C(\N=C)C(C)(C)CC. The molecule has 0 amide bonds. The lowest BCUT2D eigenvalue weighted by atomic mass is 9.86. The van der Waals surface area contributed by atoms with E-state index in [4.69, 9.17) is 0 Å². The van der Waals surface area contributed by atoms with Gasteiger partial charge in [0.15, 0.2) is 0 Å². The third kappa shape index (κ3) is 2.71. The highest BCUT2D eigenvalue weighted by atomic mass is 14.7. The van der Waals surface area contributed by atoms with Gasteiger partial charge in [-0.1, -0.05) is 33.4 Å². The molecular formula is C10H17N. The second-order valence-electron chi connectivity index (χ2n) is 3.18. The first kappa shape index (κ1) is 10.2. The highest BCUT2D eigenvalue weighted by molar-refractivity contribution is 5.32. The average Bonchev–Trinajstić information content (AvgIpc) is 2.00. The summed E-state index contributed by atoms with van der Waals surface area (Å²) in [6.07, 6.45) is 4.73. The molecule has 0 aliphatic carbocycles. The predicted molar refractivity (Wildman–Crippen MR) is 51.9 cm³/mol. The second-order valence-corrected chi connectivity index (χ2v) is 3.18. The number of nitrogens with zero attached hydrogens (tertiary/aromatic N) is 1. The van der Waals surface area contributed by atoms with Gasteiger partial charge in [0.2, 0.25) is 0 Å². The number of hydrogen-bond donors (Lipinski definition) is 0. The number of allylic oxidation sites excluding steroid dienone is 3. The molecule has 0 aromatic carbocycles. The molecule has 62 valence electrons. The fourth-order valence-electron chi connectivity index (χ4n) is 0.785. The van der Waals surface area contributed by atoms with Crippen LogP contribution in [-0.2, 0) is 0 Å². The summed E-state index contributed by atoms with van der Waals surface area (Å²) in [5, 5.41) is 0. The van der Waals surface area contributed by atoms with Gasteiger partial charge < -0.3 is 0 Å². The minimum atomic E-state index is 0.121. The zero-order valence-electron chi connectivity index (χ0n) is 7.72. The van der Waals surface area contributed by atoms with Crippen LogP contribution in [0, 0.1) is 5.41 Å². The third-order valence-electron chi connectivity index (χ3n) is 2.02. The van der Waals surface area contributed by atoms with Gasteiger partial charge in [0, 0.05) is 11.1 Å². The van der Waals surface area contributed by atoms with Crippen molar-refractivity contribution in [3.8, 4) is 0 Å². The summed E-state index contributed by atoms with van der Waals surface area (Å²) < 4.78 is 0. The monoisotopic (exact) mass is 151 g/mol. The molecule has 0 saturated heterocycles. The van der Waals surface area contributed by atoms with Gasteiger partial charge in [-0.25, -0.2) is 0 Å². The number of hydrogen-bond acceptors (Lipinski definition) is 1. The fraction of sp³-hybridized carbons (Fsp3) is 0.500. The van der Waals surface area contributed by atoms with Crippen molar-refractivity contribution in [1.82, 2.24) is 0 Å². The minimum Gasteiger partial charge on any atom is -0.269 e. The van der Waals surface area contributed by atoms with Crippen molar-refractivity contribution in [2.75, 3.05) is 0 Å². The highest BCUT2D eigenvalue weighted by Crippen LogP contribution is 2.30. The van der Waals surface area contributed by atoms with Crippen LogP contribution in [0.1, 0.15) is 27.2 Å². The molecular weight excluding hydrogens is 134 g/mol. The van der Waals surface area contributed by atoms with Crippen molar-refractivity contribution in [3.63, 3.8) is 0 Å². The fourth-order valence-corrected chi connectivity index (χ4v) is 0.785. The van der Waals surface area contributed by atoms with Crippen LogP contribution in [0.3, 0.4) is 0 Å². The Morgan fingerprint density at radius 1 is 1.55 bits per heavy atom. The smallest absolute Gasteiger partial charge is 0.0452 e. The molecule has 0 heterocycles. The van der Waals surface area contributed by atoms with Gasteiger partial charge in [0.25, 0.3) is 0 Å². The molecule has 0 rings (SSSR count). The number of rotatable bonds is 4. The topological polar surface area (TPSA) is 12.4 Å². The molecule has 0 saturated carbocycles. The molecule has 0 unspecified atom stereocenters. The lowest BCUT2D eigenvalue weighted by Crippen LogP contribution is -2.11. The van der Waals surface area contributed by atoms with Gasteiger partial charge in [-0.3, -0.25) is 4.99 Å². The molecule has 0 fully saturated rings. The molecule has 1 nitrogen and oxygen atoms in total. The first-order valence-electron chi connectivity index (χ1n) is 3.88. The highest BCUT2D eigenvalue weighted by Gasteiger charge is 2.18. The zero-order chi connectivity index (χ0) is 8.91. The van der Waals surface area contributed by atoms with Crippen LogP contribution in [0.25, 0.3) is 0 Å². The minimum absolute atomic E-state index is 0.121. The Kier molecular flexibility index (Phi) is 3.80. The van der Waals surface area contributed by atoms with Crippen LogP contribution in [0.15, 0.2) is 29.4 Å². The van der Waals surface area contributed by atoms with E-state index in [9.17, 15) is 0 Å². The lowest BCUT2D eigenvalue weighted by molar-refractivity contribution is 0.426. The van der Waals surface area contributed by atoms with Crippen LogP contribution in [-0.4, -0.2) is 6.72 Å². The summed E-state index contributed by atoms with van der Waals surface area (Å²) in [6, 6.07) is 0. The Bertz CT molecular complexity index is 175. The van der Waals surface area contributed by atoms with Gasteiger partial charge in [-0.2, -0.15) is 0 Å². The maximum absolute atomic E-state index is 3.96. The van der Waals surface area contributed by atoms with Crippen LogP contribution in [0.4, 0.5) is 0 Å². The molecule has 11 heavy (non-hydrogen) atoms. The van der Waals surface area contributed by atoms with Crippen molar-refractivity contribution < 1.29 is 0 Å².